The second-order valence-electron chi connectivity index (χ2n) is 3.94. The van der Waals surface area contributed by atoms with Crippen molar-refractivity contribution in [3.05, 3.63) is 29.3 Å². The molecule has 0 aromatic heterocycles. The molecule has 3 N–H and O–H groups in total. The van der Waals surface area contributed by atoms with Gasteiger partial charge in [-0.05, 0) is 42.5 Å². The smallest absolute Gasteiger partial charge is 0.119 e. The van der Waals surface area contributed by atoms with E-state index in [2.05, 4.69) is 19.9 Å². The Morgan fingerprint density at radius 1 is 1.36 bits per heavy atom. The van der Waals surface area contributed by atoms with Gasteiger partial charge < -0.3 is 10.8 Å². The van der Waals surface area contributed by atoms with Crippen LogP contribution in [0.2, 0.25) is 0 Å². The number of rotatable bonds is 4. The van der Waals surface area contributed by atoms with Crippen molar-refractivity contribution in [3.8, 4) is 5.75 Å². The van der Waals surface area contributed by atoms with Crippen molar-refractivity contribution in [2.24, 2.45) is 5.73 Å². The third kappa shape index (κ3) is 2.74. The predicted molar refractivity (Wildman–Crippen MR) is 59.6 cm³/mol. The molecule has 0 bridgehead atoms. The summed E-state index contributed by atoms with van der Waals surface area (Å²) in [6.45, 7) is 4.91. The van der Waals surface area contributed by atoms with Crippen LogP contribution in [0.15, 0.2) is 18.2 Å². The molecule has 78 valence electrons. The molecule has 0 heterocycles. The van der Waals surface area contributed by atoms with E-state index in [0.717, 1.165) is 18.4 Å². The molecular weight excluding hydrogens is 174 g/mol. The number of aryl methyl sites for hydroxylation is 1. The summed E-state index contributed by atoms with van der Waals surface area (Å²) in [7, 11) is 0. The molecule has 0 saturated carbocycles. The lowest BCUT2D eigenvalue weighted by atomic mass is 9.99. The highest BCUT2D eigenvalue weighted by Crippen LogP contribution is 2.24. The zero-order valence-corrected chi connectivity index (χ0v) is 8.96. The molecule has 0 fully saturated rings. The average Bonchev–Trinajstić information content (AvgIpc) is 2.15. The quantitative estimate of drug-likeness (QED) is 0.771. The highest BCUT2D eigenvalue weighted by atomic mass is 16.3. The van der Waals surface area contributed by atoms with E-state index in [-0.39, 0.29) is 0 Å². The van der Waals surface area contributed by atoms with Gasteiger partial charge in [0.15, 0.2) is 0 Å². The number of phenolic OH excluding ortho intramolecular Hbond substituents is 1. The van der Waals surface area contributed by atoms with Crippen molar-refractivity contribution < 1.29 is 5.11 Å². The Kier molecular flexibility index (Phi) is 3.96. The van der Waals surface area contributed by atoms with E-state index in [0.29, 0.717) is 18.2 Å². The van der Waals surface area contributed by atoms with Crippen LogP contribution in [-0.2, 0) is 6.42 Å². The number of nitrogens with two attached hydrogens (primary N) is 1. The Balaban J connectivity index is 2.79. The molecule has 2 heteroatoms. The summed E-state index contributed by atoms with van der Waals surface area (Å²) in [6, 6.07) is 5.94. The first-order valence-corrected chi connectivity index (χ1v) is 5.17. The molecule has 0 spiro atoms. The summed E-state index contributed by atoms with van der Waals surface area (Å²) in [6.07, 6.45) is 1.79. The molecule has 0 saturated heterocycles. The number of hydrogen-bond acceptors (Lipinski definition) is 2. The fourth-order valence-corrected chi connectivity index (χ4v) is 1.44. The van der Waals surface area contributed by atoms with Gasteiger partial charge in [0.1, 0.15) is 5.75 Å². The largest absolute Gasteiger partial charge is 0.508 e. The summed E-state index contributed by atoms with van der Waals surface area (Å²) in [5.74, 6) is 0.870. The Morgan fingerprint density at radius 3 is 2.57 bits per heavy atom. The zero-order chi connectivity index (χ0) is 10.6. The van der Waals surface area contributed by atoms with Gasteiger partial charge in [-0.1, -0.05) is 26.0 Å². The van der Waals surface area contributed by atoms with Crippen LogP contribution in [0.3, 0.4) is 0 Å². The summed E-state index contributed by atoms with van der Waals surface area (Å²) in [5, 5.41) is 9.73. The van der Waals surface area contributed by atoms with Crippen LogP contribution in [0, 0.1) is 0 Å². The number of phenols is 1. The Bertz CT molecular complexity index is 294. The summed E-state index contributed by atoms with van der Waals surface area (Å²) < 4.78 is 0. The molecule has 14 heavy (non-hydrogen) atoms. The molecule has 0 atom stereocenters. The minimum Gasteiger partial charge on any atom is -0.508 e. The molecule has 0 unspecified atom stereocenters. The highest BCUT2D eigenvalue weighted by Gasteiger charge is 2.04. The van der Waals surface area contributed by atoms with E-state index in [9.17, 15) is 5.11 Å². The Hall–Kier alpha value is -1.02. The minimum absolute atomic E-state index is 0.407. The van der Waals surface area contributed by atoms with Crippen molar-refractivity contribution in [1.29, 1.82) is 0 Å². The molecule has 0 aliphatic rings. The SMILES string of the molecule is CC(C)c1ccc(CCCN)c(O)c1. The molecule has 0 amide bonds. The van der Waals surface area contributed by atoms with E-state index < -0.39 is 0 Å². The molecule has 1 aromatic rings. The van der Waals surface area contributed by atoms with Crippen LogP contribution >= 0.6 is 0 Å². The lowest BCUT2D eigenvalue weighted by Gasteiger charge is -2.09. The molecule has 1 aromatic carbocycles. The van der Waals surface area contributed by atoms with Crippen molar-refractivity contribution in [3.63, 3.8) is 0 Å². The van der Waals surface area contributed by atoms with Gasteiger partial charge in [0.25, 0.3) is 0 Å². The number of aromatic hydroxyl groups is 1. The Labute approximate surface area is 85.8 Å². The van der Waals surface area contributed by atoms with E-state index in [1.54, 1.807) is 0 Å². The monoisotopic (exact) mass is 193 g/mol. The fourth-order valence-electron chi connectivity index (χ4n) is 1.44. The lowest BCUT2D eigenvalue weighted by molar-refractivity contribution is 0.466. The number of hydrogen-bond donors (Lipinski definition) is 2. The van der Waals surface area contributed by atoms with Crippen LogP contribution in [0.5, 0.6) is 5.75 Å². The standard InChI is InChI=1S/C12H19NO/c1-9(2)11-6-5-10(4-3-7-13)12(14)8-11/h5-6,8-9,14H,3-4,7,13H2,1-2H3. The summed E-state index contributed by atoms with van der Waals surface area (Å²) in [4.78, 5) is 0. The van der Waals surface area contributed by atoms with Crippen LogP contribution in [0.4, 0.5) is 0 Å². The molecule has 1 rings (SSSR count). The molecule has 0 radical (unpaired) electrons. The second kappa shape index (κ2) is 5.01. The van der Waals surface area contributed by atoms with E-state index >= 15 is 0 Å². The highest BCUT2D eigenvalue weighted by molar-refractivity contribution is 5.37. The third-order valence-electron chi connectivity index (χ3n) is 2.43. The maximum absolute atomic E-state index is 9.73. The van der Waals surface area contributed by atoms with E-state index in [4.69, 9.17) is 5.73 Å². The van der Waals surface area contributed by atoms with Gasteiger partial charge >= 0.3 is 0 Å². The van der Waals surface area contributed by atoms with Crippen molar-refractivity contribution in [1.82, 2.24) is 0 Å². The maximum atomic E-state index is 9.73. The summed E-state index contributed by atoms with van der Waals surface area (Å²) in [5.41, 5.74) is 7.60. The van der Waals surface area contributed by atoms with Crippen LogP contribution in [0.1, 0.15) is 37.3 Å². The van der Waals surface area contributed by atoms with E-state index in [1.165, 1.54) is 5.56 Å². The van der Waals surface area contributed by atoms with Crippen molar-refractivity contribution >= 4 is 0 Å². The van der Waals surface area contributed by atoms with Gasteiger partial charge in [-0.2, -0.15) is 0 Å². The van der Waals surface area contributed by atoms with Crippen LogP contribution in [0.25, 0.3) is 0 Å². The zero-order valence-electron chi connectivity index (χ0n) is 8.96. The van der Waals surface area contributed by atoms with E-state index in [1.807, 2.05) is 12.1 Å². The number of benzene rings is 1. The molecule has 2 nitrogen and oxygen atoms in total. The third-order valence-corrected chi connectivity index (χ3v) is 2.43. The normalized spacial score (nSPS) is 10.9. The molecule has 0 aliphatic carbocycles. The van der Waals surface area contributed by atoms with Gasteiger partial charge in [-0.3, -0.25) is 0 Å². The van der Waals surface area contributed by atoms with Gasteiger partial charge in [-0.25, -0.2) is 0 Å². The summed E-state index contributed by atoms with van der Waals surface area (Å²) >= 11 is 0. The maximum Gasteiger partial charge on any atom is 0.119 e. The molecular formula is C12H19NO. The van der Waals surface area contributed by atoms with Crippen molar-refractivity contribution in [2.45, 2.75) is 32.6 Å². The van der Waals surface area contributed by atoms with Gasteiger partial charge in [0.05, 0.1) is 0 Å². The van der Waals surface area contributed by atoms with Crippen LogP contribution in [-0.4, -0.2) is 11.7 Å². The predicted octanol–water partition coefficient (Wildman–Crippen LogP) is 2.41. The Morgan fingerprint density at radius 2 is 2.07 bits per heavy atom. The first kappa shape index (κ1) is 11.1. The fraction of sp³-hybridized carbons (Fsp3) is 0.500. The van der Waals surface area contributed by atoms with Gasteiger partial charge in [-0.15, -0.1) is 0 Å². The lowest BCUT2D eigenvalue weighted by Crippen LogP contribution is -2.00. The van der Waals surface area contributed by atoms with Gasteiger partial charge in [0.2, 0.25) is 0 Å². The van der Waals surface area contributed by atoms with Crippen LogP contribution < -0.4 is 5.73 Å². The topological polar surface area (TPSA) is 46.2 Å². The first-order valence-electron chi connectivity index (χ1n) is 5.17. The van der Waals surface area contributed by atoms with Crippen molar-refractivity contribution in [2.75, 3.05) is 6.54 Å². The first-order chi connectivity index (χ1) is 6.65. The minimum atomic E-state index is 0.407. The molecule has 0 aliphatic heterocycles. The van der Waals surface area contributed by atoms with Gasteiger partial charge in [0, 0.05) is 0 Å². The second-order valence-corrected chi connectivity index (χ2v) is 3.94. The average molecular weight is 193 g/mol.